The molecule has 12 heteroatoms. The molecule has 0 bridgehead atoms. The number of nitrogens with one attached hydrogen (secondary N) is 1. The number of sulfonamides is 1. The van der Waals surface area contributed by atoms with E-state index in [-0.39, 0.29) is 16.3 Å². The first-order valence-corrected chi connectivity index (χ1v) is 14.5. The van der Waals surface area contributed by atoms with Gasteiger partial charge in [-0.05, 0) is 62.4 Å². The monoisotopic (exact) mass is 614 g/mol. The average molecular weight is 616 g/mol. The lowest BCUT2D eigenvalue weighted by molar-refractivity contribution is -0.119. The maximum Gasteiger partial charge on any atom is 0.264 e. The molecule has 9 nitrogen and oxygen atoms in total. The Morgan fingerprint density at radius 2 is 1.73 bits per heavy atom. The van der Waals surface area contributed by atoms with Gasteiger partial charge in [0.25, 0.3) is 15.9 Å². The van der Waals surface area contributed by atoms with E-state index in [1.807, 2.05) is 24.5 Å². The molecule has 1 aromatic heterocycles. The molecule has 0 radical (unpaired) electrons. The zero-order valence-electron chi connectivity index (χ0n) is 22.8. The van der Waals surface area contributed by atoms with Gasteiger partial charge in [0.05, 0.1) is 41.7 Å². The molecule has 3 aromatic carbocycles. The van der Waals surface area contributed by atoms with Crippen LogP contribution in [0, 0.1) is 13.8 Å². The Bertz CT molecular complexity index is 1710. The summed E-state index contributed by atoms with van der Waals surface area (Å²) in [5.74, 6) is -0.0336. The van der Waals surface area contributed by atoms with Crippen LogP contribution in [0.3, 0.4) is 0 Å². The zero-order chi connectivity index (χ0) is 29.7. The van der Waals surface area contributed by atoms with Crippen LogP contribution in [0.15, 0.2) is 82.8 Å². The Labute approximate surface area is 249 Å². The molecule has 0 aliphatic rings. The molecule has 0 saturated carbocycles. The Morgan fingerprint density at radius 3 is 2.41 bits per heavy atom. The maximum atomic E-state index is 13.7. The van der Waals surface area contributed by atoms with Crippen LogP contribution in [-0.4, -0.2) is 45.9 Å². The molecule has 214 valence electrons. The van der Waals surface area contributed by atoms with Gasteiger partial charge >= 0.3 is 0 Å². The van der Waals surface area contributed by atoms with Crippen LogP contribution < -0.4 is 19.2 Å². The maximum absolute atomic E-state index is 13.7. The second-order valence-electron chi connectivity index (χ2n) is 8.91. The number of carbonyl (C=O) groups is 1. The van der Waals surface area contributed by atoms with Gasteiger partial charge < -0.3 is 14.0 Å². The number of ether oxygens (including phenoxy) is 2. The number of hydrazone groups is 1. The van der Waals surface area contributed by atoms with Crippen LogP contribution in [0.25, 0.3) is 5.69 Å². The van der Waals surface area contributed by atoms with Crippen molar-refractivity contribution in [3.8, 4) is 17.2 Å². The van der Waals surface area contributed by atoms with E-state index in [1.54, 1.807) is 48.5 Å². The summed E-state index contributed by atoms with van der Waals surface area (Å²) in [6, 6.07) is 19.6. The number of carbonyl (C=O) groups excluding carboxylic acids is 1. The van der Waals surface area contributed by atoms with Crippen molar-refractivity contribution in [2.45, 2.75) is 18.7 Å². The summed E-state index contributed by atoms with van der Waals surface area (Å²) < 4.78 is 41.0. The first-order chi connectivity index (χ1) is 19.6. The van der Waals surface area contributed by atoms with E-state index in [2.05, 4.69) is 10.5 Å². The lowest BCUT2D eigenvalue weighted by atomic mass is 10.2. The van der Waals surface area contributed by atoms with Gasteiger partial charge in [0.15, 0.2) is 0 Å². The Morgan fingerprint density at radius 1 is 1.00 bits per heavy atom. The number of amides is 1. The van der Waals surface area contributed by atoms with Gasteiger partial charge in [-0.15, -0.1) is 0 Å². The summed E-state index contributed by atoms with van der Waals surface area (Å²) in [6.45, 7) is 3.22. The fourth-order valence-corrected chi connectivity index (χ4v) is 6.11. The van der Waals surface area contributed by atoms with Crippen molar-refractivity contribution in [3.63, 3.8) is 0 Å². The van der Waals surface area contributed by atoms with Gasteiger partial charge in [0, 0.05) is 28.0 Å². The third-order valence-corrected chi connectivity index (χ3v) is 8.61. The molecule has 0 unspecified atom stereocenters. The summed E-state index contributed by atoms with van der Waals surface area (Å²) >= 11 is 12.6. The molecular formula is C29H28Cl2N4O5S. The molecule has 4 aromatic rings. The molecular weight excluding hydrogens is 587 g/mol. The van der Waals surface area contributed by atoms with E-state index < -0.39 is 22.5 Å². The Kier molecular flexibility index (Phi) is 9.27. The molecule has 0 saturated heterocycles. The average Bonchev–Trinajstić information content (AvgIpc) is 3.25. The van der Waals surface area contributed by atoms with Crippen molar-refractivity contribution in [2.24, 2.45) is 5.10 Å². The summed E-state index contributed by atoms with van der Waals surface area (Å²) in [5.41, 5.74) is 5.71. The van der Waals surface area contributed by atoms with Crippen molar-refractivity contribution in [1.29, 1.82) is 0 Å². The highest BCUT2D eigenvalue weighted by Crippen LogP contribution is 2.35. The van der Waals surface area contributed by atoms with Crippen LogP contribution in [0.5, 0.6) is 11.5 Å². The number of methoxy groups -OCH3 is 2. The van der Waals surface area contributed by atoms with Gasteiger partial charge in [-0.25, -0.2) is 13.8 Å². The van der Waals surface area contributed by atoms with Crippen LogP contribution in [0.1, 0.15) is 17.0 Å². The number of hydrogen-bond acceptors (Lipinski definition) is 6. The Balaban J connectivity index is 1.62. The largest absolute Gasteiger partial charge is 0.497 e. The molecule has 0 fully saturated rings. The first kappa shape index (κ1) is 30.0. The first-order valence-electron chi connectivity index (χ1n) is 12.3. The SMILES string of the molecule is COc1ccc(OC)c(N(CC(=O)N/N=C\c2cc(C)n(-c3cc(Cl)ccc3Cl)c2C)S(=O)(=O)c2ccccc2)c1. The van der Waals surface area contributed by atoms with Crippen LogP contribution in [0.2, 0.25) is 10.0 Å². The standard InChI is InChI=1S/C29H28Cl2N4O5S/c1-19-14-21(20(2)35(19)26-15-22(30)10-12-25(26)31)17-32-33-29(36)18-34(41(37,38)24-8-6-5-7-9-24)27-16-23(39-3)11-13-28(27)40-4/h5-17H,18H2,1-4H3,(H,33,36)/b32-17-. The minimum absolute atomic E-state index is 0.00768. The van der Waals surface area contributed by atoms with Gasteiger partial charge in [-0.2, -0.15) is 5.10 Å². The third kappa shape index (κ3) is 6.51. The topological polar surface area (TPSA) is 102 Å². The lowest BCUT2D eigenvalue weighted by Gasteiger charge is -2.25. The fourth-order valence-electron chi connectivity index (χ4n) is 4.30. The van der Waals surface area contributed by atoms with Crippen LogP contribution in [0.4, 0.5) is 5.69 Å². The van der Waals surface area contributed by atoms with Crippen LogP contribution >= 0.6 is 23.2 Å². The highest BCUT2D eigenvalue weighted by atomic mass is 35.5. The van der Waals surface area contributed by atoms with Gasteiger partial charge in [-0.1, -0.05) is 41.4 Å². The van der Waals surface area contributed by atoms with E-state index in [1.165, 1.54) is 38.6 Å². The van der Waals surface area contributed by atoms with Crippen molar-refractivity contribution < 1.29 is 22.7 Å². The normalized spacial score (nSPS) is 11.5. The van der Waals surface area contributed by atoms with E-state index in [0.717, 1.165) is 21.3 Å². The number of anilines is 1. The number of halogens is 2. The smallest absolute Gasteiger partial charge is 0.264 e. The van der Waals surface area contributed by atoms with Crippen molar-refractivity contribution >= 4 is 51.0 Å². The summed E-state index contributed by atoms with van der Waals surface area (Å²) in [4.78, 5) is 13.1. The van der Waals surface area contributed by atoms with Gasteiger partial charge in [0.1, 0.15) is 18.0 Å². The quantitative estimate of drug-likeness (QED) is 0.181. The molecule has 41 heavy (non-hydrogen) atoms. The highest BCUT2D eigenvalue weighted by molar-refractivity contribution is 7.92. The number of aromatic nitrogens is 1. The van der Waals surface area contributed by atoms with Gasteiger partial charge in [0.2, 0.25) is 0 Å². The fraction of sp³-hybridized carbons (Fsp3) is 0.172. The van der Waals surface area contributed by atoms with E-state index >= 15 is 0 Å². The summed E-state index contributed by atoms with van der Waals surface area (Å²) in [7, 11) is -1.30. The number of rotatable bonds is 10. The molecule has 1 N–H and O–H groups in total. The van der Waals surface area contributed by atoms with Crippen molar-refractivity contribution in [1.82, 2.24) is 9.99 Å². The number of aryl methyl sites for hydroxylation is 1. The molecule has 0 atom stereocenters. The number of benzene rings is 3. The molecule has 4 rings (SSSR count). The molecule has 0 aliphatic heterocycles. The minimum Gasteiger partial charge on any atom is -0.497 e. The number of hydrogen-bond donors (Lipinski definition) is 1. The third-order valence-electron chi connectivity index (χ3n) is 6.29. The predicted molar refractivity (Wildman–Crippen MR) is 162 cm³/mol. The molecule has 1 amide bonds. The molecule has 0 spiro atoms. The van der Waals surface area contributed by atoms with E-state index in [0.29, 0.717) is 21.5 Å². The predicted octanol–water partition coefficient (Wildman–Crippen LogP) is 5.76. The van der Waals surface area contributed by atoms with Gasteiger partial charge in [-0.3, -0.25) is 9.10 Å². The van der Waals surface area contributed by atoms with Crippen LogP contribution in [-0.2, 0) is 14.8 Å². The lowest BCUT2D eigenvalue weighted by Crippen LogP contribution is -2.39. The minimum atomic E-state index is -4.17. The zero-order valence-corrected chi connectivity index (χ0v) is 25.1. The van der Waals surface area contributed by atoms with E-state index in [9.17, 15) is 13.2 Å². The summed E-state index contributed by atoms with van der Waals surface area (Å²) in [6.07, 6.45) is 1.48. The highest BCUT2D eigenvalue weighted by Gasteiger charge is 2.30. The Hall–Kier alpha value is -3.99. The van der Waals surface area contributed by atoms with Crippen molar-refractivity contribution in [3.05, 3.63) is 99.8 Å². The molecule has 0 aliphatic carbocycles. The molecule has 1 heterocycles. The second-order valence-corrected chi connectivity index (χ2v) is 11.6. The second kappa shape index (κ2) is 12.7. The number of nitrogens with zero attached hydrogens (tertiary/aromatic N) is 3. The summed E-state index contributed by atoms with van der Waals surface area (Å²) in [5, 5.41) is 5.17. The van der Waals surface area contributed by atoms with E-state index in [4.69, 9.17) is 32.7 Å². The van der Waals surface area contributed by atoms with Crippen molar-refractivity contribution in [2.75, 3.05) is 25.1 Å².